The molecule has 3 nitrogen and oxygen atoms in total. The van der Waals surface area contributed by atoms with Crippen LogP contribution in [0.2, 0.25) is 5.15 Å². The zero-order valence-corrected chi connectivity index (χ0v) is 10.2. The molecule has 1 rings (SSSR count). The van der Waals surface area contributed by atoms with Crippen LogP contribution in [-0.2, 0) is 10.2 Å². The summed E-state index contributed by atoms with van der Waals surface area (Å²) in [5.74, 6) is -0.129. The third kappa shape index (κ3) is 2.69. The first-order valence-electron chi connectivity index (χ1n) is 4.25. The summed E-state index contributed by atoms with van der Waals surface area (Å²) in [6, 6.07) is 0. The largest absolute Gasteiger partial charge is 0.302 e. The van der Waals surface area contributed by atoms with Gasteiger partial charge in [0.1, 0.15) is 5.15 Å². The Kier molecular flexibility index (Phi) is 3.17. The number of aromatic nitrogens is 1. The van der Waals surface area contributed by atoms with E-state index in [9.17, 15) is 4.79 Å². The number of nitrogens with one attached hydrogen (secondary N) is 1. The van der Waals surface area contributed by atoms with Gasteiger partial charge >= 0.3 is 0 Å². The van der Waals surface area contributed by atoms with E-state index in [1.807, 2.05) is 0 Å². The average molecular weight is 233 g/mol. The first-order chi connectivity index (χ1) is 6.30. The molecule has 0 spiro atoms. The standard InChI is InChI=1S/C9H13ClN2OS/c1-5(13)11-8-12-7(10)6(14-8)9(2,3)4/h1-4H3,(H,11,12,13). The van der Waals surface area contributed by atoms with E-state index in [-0.39, 0.29) is 11.3 Å². The number of anilines is 1. The predicted molar refractivity (Wildman–Crippen MR) is 60.1 cm³/mol. The number of thiazole rings is 1. The Morgan fingerprint density at radius 1 is 1.50 bits per heavy atom. The van der Waals surface area contributed by atoms with Gasteiger partial charge in [-0.2, -0.15) is 0 Å². The van der Waals surface area contributed by atoms with Gasteiger partial charge in [0, 0.05) is 6.92 Å². The Balaban J connectivity index is 2.99. The van der Waals surface area contributed by atoms with Crippen LogP contribution in [0.1, 0.15) is 32.6 Å². The molecule has 1 amide bonds. The highest BCUT2D eigenvalue weighted by Crippen LogP contribution is 2.36. The van der Waals surface area contributed by atoms with Crippen LogP contribution in [0.15, 0.2) is 0 Å². The third-order valence-corrected chi connectivity index (χ3v) is 3.33. The summed E-state index contributed by atoms with van der Waals surface area (Å²) < 4.78 is 0. The maximum absolute atomic E-state index is 10.8. The van der Waals surface area contributed by atoms with Gasteiger partial charge in [0.2, 0.25) is 5.91 Å². The molecule has 1 aromatic rings. The topological polar surface area (TPSA) is 42.0 Å². The van der Waals surface area contributed by atoms with Crippen molar-refractivity contribution in [3.63, 3.8) is 0 Å². The lowest BCUT2D eigenvalue weighted by Gasteiger charge is -2.15. The van der Waals surface area contributed by atoms with Crippen molar-refractivity contribution >= 4 is 34.0 Å². The molecule has 0 aliphatic heterocycles. The Hall–Kier alpha value is -0.610. The number of nitrogens with zero attached hydrogens (tertiary/aromatic N) is 1. The van der Waals surface area contributed by atoms with Crippen LogP contribution in [0.25, 0.3) is 0 Å². The maximum Gasteiger partial charge on any atom is 0.223 e. The quantitative estimate of drug-likeness (QED) is 0.809. The van der Waals surface area contributed by atoms with Gasteiger partial charge in [-0.15, -0.1) is 0 Å². The monoisotopic (exact) mass is 232 g/mol. The van der Waals surface area contributed by atoms with Gasteiger partial charge in [-0.05, 0) is 5.41 Å². The van der Waals surface area contributed by atoms with E-state index < -0.39 is 0 Å². The highest BCUT2D eigenvalue weighted by atomic mass is 35.5. The molecule has 14 heavy (non-hydrogen) atoms. The zero-order valence-electron chi connectivity index (χ0n) is 8.64. The lowest BCUT2D eigenvalue weighted by molar-refractivity contribution is -0.114. The van der Waals surface area contributed by atoms with Gasteiger partial charge in [-0.1, -0.05) is 43.7 Å². The summed E-state index contributed by atoms with van der Waals surface area (Å²) in [6.45, 7) is 7.63. The highest BCUT2D eigenvalue weighted by Gasteiger charge is 2.22. The summed E-state index contributed by atoms with van der Waals surface area (Å²) >= 11 is 7.38. The number of hydrogen-bond acceptors (Lipinski definition) is 3. The van der Waals surface area contributed by atoms with E-state index in [1.54, 1.807) is 0 Å². The van der Waals surface area contributed by atoms with Crippen LogP contribution >= 0.6 is 22.9 Å². The van der Waals surface area contributed by atoms with E-state index in [0.29, 0.717) is 10.3 Å². The van der Waals surface area contributed by atoms with Crippen molar-refractivity contribution in [2.75, 3.05) is 5.32 Å². The molecule has 0 bridgehead atoms. The molecule has 1 heterocycles. The van der Waals surface area contributed by atoms with Crippen molar-refractivity contribution in [3.05, 3.63) is 10.0 Å². The number of carbonyl (C=O) groups excluding carboxylic acids is 1. The molecule has 5 heteroatoms. The highest BCUT2D eigenvalue weighted by molar-refractivity contribution is 7.16. The molecule has 0 saturated carbocycles. The van der Waals surface area contributed by atoms with Crippen molar-refractivity contribution in [2.45, 2.75) is 33.1 Å². The van der Waals surface area contributed by atoms with Gasteiger partial charge in [0.15, 0.2) is 5.13 Å². The zero-order chi connectivity index (χ0) is 10.9. The number of hydrogen-bond donors (Lipinski definition) is 1. The number of rotatable bonds is 1. The third-order valence-electron chi connectivity index (χ3n) is 1.55. The smallest absolute Gasteiger partial charge is 0.223 e. The molecule has 0 radical (unpaired) electrons. The van der Waals surface area contributed by atoms with Gasteiger partial charge < -0.3 is 5.32 Å². The van der Waals surface area contributed by atoms with E-state index >= 15 is 0 Å². The van der Waals surface area contributed by atoms with Gasteiger partial charge in [-0.3, -0.25) is 4.79 Å². The van der Waals surface area contributed by atoms with Crippen LogP contribution in [0.3, 0.4) is 0 Å². The Labute approximate surface area is 92.5 Å². The molecular formula is C9H13ClN2OS. The van der Waals surface area contributed by atoms with E-state index in [1.165, 1.54) is 18.3 Å². The number of amides is 1. The van der Waals surface area contributed by atoms with Gasteiger partial charge in [0.25, 0.3) is 0 Å². The fraction of sp³-hybridized carbons (Fsp3) is 0.556. The Morgan fingerprint density at radius 3 is 2.43 bits per heavy atom. The van der Waals surface area contributed by atoms with Crippen LogP contribution < -0.4 is 5.32 Å². The van der Waals surface area contributed by atoms with Crippen molar-refractivity contribution in [3.8, 4) is 0 Å². The van der Waals surface area contributed by atoms with Crippen molar-refractivity contribution in [2.24, 2.45) is 0 Å². The second-order valence-electron chi connectivity index (χ2n) is 4.07. The first-order valence-corrected chi connectivity index (χ1v) is 5.44. The Bertz CT molecular complexity index is 354. The van der Waals surface area contributed by atoms with Crippen molar-refractivity contribution in [1.82, 2.24) is 4.98 Å². The number of halogens is 1. The van der Waals surface area contributed by atoms with E-state index in [2.05, 4.69) is 31.1 Å². The Morgan fingerprint density at radius 2 is 2.07 bits per heavy atom. The molecular weight excluding hydrogens is 220 g/mol. The van der Waals surface area contributed by atoms with Crippen molar-refractivity contribution in [1.29, 1.82) is 0 Å². The molecule has 0 unspecified atom stereocenters. The minimum Gasteiger partial charge on any atom is -0.302 e. The molecule has 0 atom stereocenters. The number of carbonyl (C=O) groups is 1. The van der Waals surface area contributed by atoms with Gasteiger partial charge in [-0.25, -0.2) is 4.98 Å². The minimum absolute atomic E-state index is 0.0362. The fourth-order valence-corrected chi connectivity index (χ4v) is 2.46. The summed E-state index contributed by atoms with van der Waals surface area (Å²) in [7, 11) is 0. The molecule has 0 aliphatic carbocycles. The van der Waals surface area contributed by atoms with E-state index in [4.69, 9.17) is 11.6 Å². The predicted octanol–water partition coefficient (Wildman–Crippen LogP) is 3.05. The van der Waals surface area contributed by atoms with E-state index in [0.717, 1.165) is 4.88 Å². The van der Waals surface area contributed by atoms with Crippen LogP contribution in [0.4, 0.5) is 5.13 Å². The van der Waals surface area contributed by atoms with Crippen LogP contribution in [0.5, 0.6) is 0 Å². The molecule has 0 saturated heterocycles. The summed E-state index contributed by atoms with van der Waals surface area (Å²) in [5.41, 5.74) is -0.0362. The summed E-state index contributed by atoms with van der Waals surface area (Å²) in [6.07, 6.45) is 0. The lowest BCUT2D eigenvalue weighted by atomic mass is 9.95. The molecule has 0 fully saturated rings. The van der Waals surface area contributed by atoms with Crippen LogP contribution in [-0.4, -0.2) is 10.9 Å². The second-order valence-corrected chi connectivity index (χ2v) is 5.43. The minimum atomic E-state index is -0.129. The molecule has 0 aromatic carbocycles. The van der Waals surface area contributed by atoms with Crippen molar-refractivity contribution < 1.29 is 4.79 Å². The molecule has 0 aliphatic rings. The molecule has 1 aromatic heterocycles. The van der Waals surface area contributed by atoms with Crippen LogP contribution in [0, 0.1) is 0 Å². The fourth-order valence-electron chi connectivity index (χ4n) is 0.968. The molecule has 78 valence electrons. The lowest BCUT2D eigenvalue weighted by Crippen LogP contribution is -2.09. The molecule has 1 N–H and O–H groups in total. The maximum atomic E-state index is 10.8. The SMILES string of the molecule is CC(=O)Nc1nc(Cl)c(C(C)(C)C)s1. The average Bonchev–Trinajstić information content (AvgIpc) is 2.27. The normalized spacial score (nSPS) is 11.5. The second kappa shape index (κ2) is 3.87. The first kappa shape index (κ1) is 11.5. The summed E-state index contributed by atoms with van der Waals surface area (Å²) in [4.78, 5) is 15.9. The summed E-state index contributed by atoms with van der Waals surface area (Å²) in [5, 5.41) is 3.66. The van der Waals surface area contributed by atoms with Gasteiger partial charge in [0.05, 0.1) is 4.88 Å².